The molecule has 2 N–H and O–H groups in total. The van der Waals surface area contributed by atoms with Gasteiger partial charge in [-0.25, -0.2) is 4.98 Å². The molecule has 23 heavy (non-hydrogen) atoms. The van der Waals surface area contributed by atoms with Crippen molar-refractivity contribution in [2.24, 2.45) is 5.92 Å². The first-order valence-electron chi connectivity index (χ1n) is 7.71. The molecule has 0 radical (unpaired) electrons. The Kier molecular flexibility index (Phi) is 6.35. The second-order valence-electron chi connectivity index (χ2n) is 5.78. The topological polar surface area (TPSA) is 46.2 Å². The van der Waals surface area contributed by atoms with Crippen LogP contribution in [0.1, 0.15) is 31.9 Å². The number of aromatic nitrogens is 1. The lowest BCUT2D eigenvalue weighted by atomic mass is 9.97. The lowest BCUT2D eigenvalue weighted by Crippen LogP contribution is -2.33. The van der Waals surface area contributed by atoms with Gasteiger partial charge in [-0.3, -0.25) is 0 Å². The van der Waals surface area contributed by atoms with E-state index in [1.165, 1.54) is 5.56 Å². The number of hydrogen-bond acceptors (Lipinski definition) is 3. The van der Waals surface area contributed by atoms with Gasteiger partial charge in [0.2, 0.25) is 5.88 Å². The van der Waals surface area contributed by atoms with E-state index in [1.54, 1.807) is 19.4 Å². The Hall–Kier alpha value is -2.14. The quantitative estimate of drug-likeness (QED) is 0.779. The van der Waals surface area contributed by atoms with Gasteiger partial charge in [0.1, 0.15) is 0 Å². The summed E-state index contributed by atoms with van der Waals surface area (Å²) in [5, 5.41) is 7.16. The molecule has 1 atom stereocenters. The van der Waals surface area contributed by atoms with Crippen molar-refractivity contribution in [2.45, 2.75) is 26.3 Å². The van der Waals surface area contributed by atoms with Crippen molar-refractivity contribution in [2.75, 3.05) is 12.4 Å². The SMILES string of the molecule is COc1ccc(NC(=S)N[C@@H](CC(C)C)c2ccccc2)cn1. The van der Waals surface area contributed by atoms with Crippen LogP contribution in [0.2, 0.25) is 0 Å². The normalized spacial score (nSPS) is 11.8. The van der Waals surface area contributed by atoms with Crippen LogP contribution in [0.15, 0.2) is 48.7 Å². The number of hydrogen-bond donors (Lipinski definition) is 2. The van der Waals surface area contributed by atoms with E-state index in [4.69, 9.17) is 17.0 Å². The fourth-order valence-electron chi connectivity index (χ4n) is 2.34. The summed E-state index contributed by atoms with van der Waals surface area (Å²) in [4.78, 5) is 4.16. The zero-order valence-electron chi connectivity index (χ0n) is 13.7. The maximum Gasteiger partial charge on any atom is 0.213 e. The Labute approximate surface area is 143 Å². The molecule has 0 unspecified atom stereocenters. The van der Waals surface area contributed by atoms with E-state index in [0.717, 1.165) is 12.1 Å². The van der Waals surface area contributed by atoms with Gasteiger partial charge < -0.3 is 15.4 Å². The number of anilines is 1. The molecule has 0 aliphatic carbocycles. The highest BCUT2D eigenvalue weighted by molar-refractivity contribution is 7.80. The van der Waals surface area contributed by atoms with Crippen molar-refractivity contribution in [3.8, 4) is 5.88 Å². The van der Waals surface area contributed by atoms with E-state index in [1.807, 2.05) is 24.3 Å². The third-order valence-corrected chi connectivity index (χ3v) is 3.64. The van der Waals surface area contributed by atoms with Crippen molar-refractivity contribution in [1.29, 1.82) is 0 Å². The minimum absolute atomic E-state index is 0.183. The fraction of sp³-hybridized carbons (Fsp3) is 0.333. The third-order valence-electron chi connectivity index (χ3n) is 3.42. The molecule has 0 aliphatic rings. The zero-order valence-corrected chi connectivity index (χ0v) is 14.6. The smallest absolute Gasteiger partial charge is 0.213 e. The molecule has 0 saturated carbocycles. The average molecular weight is 329 g/mol. The largest absolute Gasteiger partial charge is 0.481 e. The zero-order chi connectivity index (χ0) is 16.7. The molecule has 0 spiro atoms. The first kappa shape index (κ1) is 17.2. The van der Waals surface area contributed by atoms with Gasteiger partial charge in [0, 0.05) is 6.07 Å². The maximum atomic E-state index is 5.45. The van der Waals surface area contributed by atoms with Gasteiger partial charge in [-0.15, -0.1) is 0 Å². The summed E-state index contributed by atoms with van der Waals surface area (Å²) < 4.78 is 5.05. The Morgan fingerprint density at radius 1 is 1.17 bits per heavy atom. The molecule has 0 fully saturated rings. The Balaban J connectivity index is 2.02. The van der Waals surface area contributed by atoms with Crippen molar-refractivity contribution in [3.63, 3.8) is 0 Å². The van der Waals surface area contributed by atoms with Crippen LogP contribution in [0.3, 0.4) is 0 Å². The molecule has 2 rings (SSSR count). The van der Waals surface area contributed by atoms with Crippen molar-refractivity contribution >= 4 is 23.0 Å². The summed E-state index contributed by atoms with van der Waals surface area (Å²) in [7, 11) is 1.60. The minimum Gasteiger partial charge on any atom is -0.481 e. The van der Waals surface area contributed by atoms with E-state index < -0.39 is 0 Å². The number of rotatable bonds is 6. The Morgan fingerprint density at radius 3 is 2.48 bits per heavy atom. The predicted octanol–water partition coefficient (Wildman–Crippen LogP) is 4.16. The first-order valence-corrected chi connectivity index (χ1v) is 8.12. The second kappa shape index (κ2) is 8.48. The molecule has 1 heterocycles. The second-order valence-corrected chi connectivity index (χ2v) is 6.19. The molecule has 2 aromatic rings. The molecule has 0 bridgehead atoms. The maximum absolute atomic E-state index is 5.45. The molecular weight excluding hydrogens is 306 g/mol. The number of benzene rings is 1. The standard InChI is InChI=1S/C18H23N3OS/c1-13(2)11-16(14-7-5-4-6-8-14)21-18(23)20-15-9-10-17(22-3)19-12-15/h4-10,12-13,16H,11H2,1-3H3,(H2,20,21,23)/t16-/m0/s1. The van der Waals surface area contributed by atoms with E-state index in [-0.39, 0.29) is 6.04 Å². The summed E-state index contributed by atoms with van der Waals surface area (Å²) in [5.41, 5.74) is 2.07. The van der Waals surface area contributed by atoms with Gasteiger partial charge in [0.05, 0.1) is 25.0 Å². The molecule has 5 heteroatoms. The van der Waals surface area contributed by atoms with Crippen LogP contribution in [0.4, 0.5) is 5.69 Å². The van der Waals surface area contributed by atoms with Crippen LogP contribution in [0.5, 0.6) is 5.88 Å². The van der Waals surface area contributed by atoms with Gasteiger partial charge >= 0.3 is 0 Å². The number of thiocarbonyl (C=S) groups is 1. The fourth-order valence-corrected chi connectivity index (χ4v) is 2.60. The number of pyridine rings is 1. The molecular formula is C18H23N3OS. The van der Waals surface area contributed by atoms with E-state index in [0.29, 0.717) is 16.9 Å². The third kappa shape index (κ3) is 5.53. The predicted molar refractivity (Wildman–Crippen MR) is 98.8 cm³/mol. The van der Waals surface area contributed by atoms with E-state index in [2.05, 4.69) is 41.6 Å². The van der Waals surface area contributed by atoms with Crippen LogP contribution in [0, 0.1) is 5.92 Å². The number of nitrogens with zero attached hydrogens (tertiary/aromatic N) is 1. The van der Waals surface area contributed by atoms with Crippen molar-refractivity contribution < 1.29 is 4.74 Å². The summed E-state index contributed by atoms with van der Waals surface area (Å²) in [6.07, 6.45) is 2.71. The Morgan fingerprint density at radius 2 is 1.91 bits per heavy atom. The molecule has 0 aliphatic heterocycles. The number of ether oxygens (including phenoxy) is 1. The van der Waals surface area contributed by atoms with Crippen LogP contribution >= 0.6 is 12.2 Å². The number of methoxy groups -OCH3 is 1. The van der Waals surface area contributed by atoms with Crippen molar-refractivity contribution in [3.05, 3.63) is 54.2 Å². The van der Waals surface area contributed by atoms with Gasteiger partial charge in [0.25, 0.3) is 0 Å². The van der Waals surface area contributed by atoms with Crippen LogP contribution < -0.4 is 15.4 Å². The molecule has 4 nitrogen and oxygen atoms in total. The van der Waals surface area contributed by atoms with Gasteiger partial charge in [-0.1, -0.05) is 44.2 Å². The van der Waals surface area contributed by atoms with E-state index >= 15 is 0 Å². The van der Waals surface area contributed by atoms with Gasteiger partial charge in [-0.05, 0) is 36.2 Å². The average Bonchev–Trinajstić information content (AvgIpc) is 2.55. The summed E-state index contributed by atoms with van der Waals surface area (Å²) in [6, 6.07) is 14.2. The van der Waals surface area contributed by atoms with Crippen LogP contribution in [0.25, 0.3) is 0 Å². The molecule has 1 aromatic carbocycles. The van der Waals surface area contributed by atoms with Crippen molar-refractivity contribution in [1.82, 2.24) is 10.3 Å². The summed E-state index contributed by atoms with van der Waals surface area (Å²) >= 11 is 5.45. The molecule has 1 aromatic heterocycles. The molecule has 122 valence electrons. The lowest BCUT2D eigenvalue weighted by molar-refractivity contribution is 0.398. The highest BCUT2D eigenvalue weighted by Gasteiger charge is 2.14. The Bertz CT molecular complexity index is 614. The molecule has 0 amide bonds. The van der Waals surface area contributed by atoms with Crippen LogP contribution in [-0.4, -0.2) is 17.2 Å². The van der Waals surface area contributed by atoms with Gasteiger partial charge in [0.15, 0.2) is 5.11 Å². The lowest BCUT2D eigenvalue weighted by Gasteiger charge is -2.23. The summed E-state index contributed by atoms with van der Waals surface area (Å²) in [6.45, 7) is 4.42. The van der Waals surface area contributed by atoms with Crippen LogP contribution in [-0.2, 0) is 0 Å². The summed E-state index contributed by atoms with van der Waals surface area (Å²) in [5.74, 6) is 1.15. The first-order chi connectivity index (χ1) is 11.1. The molecule has 0 saturated heterocycles. The minimum atomic E-state index is 0.183. The monoisotopic (exact) mass is 329 g/mol. The number of nitrogens with one attached hydrogen (secondary N) is 2. The highest BCUT2D eigenvalue weighted by Crippen LogP contribution is 2.21. The highest BCUT2D eigenvalue weighted by atomic mass is 32.1. The van der Waals surface area contributed by atoms with E-state index in [9.17, 15) is 0 Å². The van der Waals surface area contributed by atoms with Gasteiger partial charge in [-0.2, -0.15) is 0 Å².